The van der Waals surface area contributed by atoms with Crippen LogP contribution in [0.3, 0.4) is 0 Å². The number of halogens is 1. The van der Waals surface area contributed by atoms with Crippen molar-refractivity contribution in [1.29, 1.82) is 5.26 Å². The maximum atomic E-state index is 8.43. The average Bonchev–Trinajstić information content (AvgIpc) is 2.27. The molecule has 4 heteroatoms. The first-order chi connectivity index (χ1) is 7.22. The fraction of sp³-hybridized carbons (Fsp3) is 0.182. The van der Waals surface area contributed by atoms with Crippen LogP contribution >= 0.6 is 15.9 Å². The molecule has 0 unspecified atom stereocenters. The zero-order chi connectivity index (χ0) is 11.3. The summed E-state index contributed by atoms with van der Waals surface area (Å²) in [5, 5.41) is 8.43. The van der Waals surface area contributed by atoms with Gasteiger partial charge in [0.25, 0.3) is 0 Å². The Morgan fingerprint density at radius 2 is 1.80 bits per heavy atom. The van der Waals surface area contributed by atoms with Crippen LogP contribution in [0, 0.1) is 11.3 Å². The van der Waals surface area contributed by atoms with Crippen LogP contribution in [0.25, 0.3) is 6.08 Å². The molecular weight excluding hydrogens is 258 g/mol. The van der Waals surface area contributed by atoms with Gasteiger partial charge in [0.1, 0.15) is 16.0 Å². The van der Waals surface area contributed by atoms with E-state index in [4.69, 9.17) is 14.7 Å². The van der Waals surface area contributed by atoms with E-state index in [2.05, 4.69) is 15.9 Å². The Hall–Kier alpha value is -1.47. The first-order valence-corrected chi connectivity index (χ1v) is 5.00. The molecule has 78 valence electrons. The van der Waals surface area contributed by atoms with Crippen LogP contribution in [0.2, 0.25) is 0 Å². The highest BCUT2D eigenvalue weighted by Crippen LogP contribution is 2.35. The first kappa shape index (κ1) is 11.6. The monoisotopic (exact) mass is 267 g/mol. The van der Waals surface area contributed by atoms with Gasteiger partial charge in [-0.05, 0) is 39.7 Å². The zero-order valence-electron chi connectivity index (χ0n) is 8.45. The van der Waals surface area contributed by atoms with E-state index in [1.54, 1.807) is 20.3 Å². The third-order valence-electron chi connectivity index (χ3n) is 1.82. The highest BCUT2D eigenvalue weighted by molar-refractivity contribution is 9.10. The molecule has 0 aliphatic carbocycles. The summed E-state index contributed by atoms with van der Waals surface area (Å²) in [6.07, 6.45) is 3.10. The lowest BCUT2D eigenvalue weighted by Gasteiger charge is -2.09. The predicted octanol–water partition coefficient (Wildman–Crippen LogP) is 3.00. The van der Waals surface area contributed by atoms with Gasteiger partial charge in [-0.25, -0.2) is 0 Å². The minimum Gasteiger partial charge on any atom is -0.495 e. The first-order valence-electron chi connectivity index (χ1n) is 4.20. The van der Waals surface area contributed by atoms with Crippen LogP contribution in [0.4, 0.5) is 0 Å². The summed E-state index contributed by atoms with van der Waals surface area (Å²) in [4.78, 5) is 0. The molecule has 0 fully saturated rings. The van der Waals surface area contributed by atoms with Crippen LogP contribution in [-0.2, 0) is 0 Å². The van der Waals surface area contributed by atoms with E-state index in [0.29, 0.717) is 11.5 Å². The quantitative estimate of drug-likeness (QED) is 0.791. The van der Waals surface area contributed by atoms with E-state index >= 15 is 0 Å². The van der Waals surface area contributed by atoms with Gasteiger partial charge in [0, 0.05) is 6.08 Å². The molecule has 15 heavy (non-hydrogen) atoms. The third kappa shape index (κ3) is 2.74. The molecule has 0 amide bonds. The zero-order valence-corrected chi connectivity index (χ0v) is 10.0. The molecule has 0 N–H and O–H groups in total. The minimum atomic E-state index is 0.673. The summed E-state index contributed by atoms with van der Waals surface area (Å²) in [5.74, 6) is 1.35. The normalized spacial score (nSPS) is 10.0. The molecule has 0 aliphatic heterocycles. The van der Waals surface area contributed by atoms with Gasteiger partial charge in [0.15, 0.2) is 0 Å². The number of benzene rings is 1. The molecule has 0 atom stereocenters. The molecule has 1 aromatic carbocycles. The van der Waals surface area contributed by atoms with Crippen LogP contribution in [-0.4, -0.2) is 14.2 Å². The van der Waals surface area contributed by atoms with Gasteiger partial charge < -0.3 is 9.47 Å². The number of rotatable bonds is 3. The van der Waals surface area contributed by atoms with Gasteiger partial charge in [0.2, 0.25) is 0 Å². The molecule has 0 spiro atoms. The number of hydrogen-bond acceptors (Lipinski definition) is 3. The van der Waals surface area contributed by atoms with E-state index in [9.17, 15) is 0 Å². The van der Waals surface area contributed by atoms with Gasteiger partial charge in [-0.15, -0.1) is 0 Å². The molecule has 1 aromatic rings. The highest BCUT2D eigenvalue weighted by atomic mass is 79.9. The van der Waals surface area contributed by atoms with Crippen LogP contribution in [0.5, 0.6) is 11.5 Å². The third-order valence-corrected chi connectivity index (χ3v) is 2.60. The Bertz CT molecular complexity index is 396. The summed E-state index contributed by atoms with van der Waals surface area (Å²) in [6.45, 7) is 0. The molecule has 0 radical (unpaired) electrons. The van der Waals surface area contributed by atoms with E-state index in [0.717, 1.165) is 10.0 Å². The largest absolute Gasteiger partial charge is 0.495 e. The molecular formula is C11H10BrNO2. The summed E-state index contributed by atoms with van der Waals surface area (Å²) in [7, 11) is 3.16. The second kappa shape index (κ2) is 5.42. The van der Waals surface area contributed by atoms with Crippen molar-refractivity contribution in [3.63, 3.8) is 0 Å². The Labute approximate surface area is 97.1 Å². The SMILES string of the molecule is COc1cc(/C=C/C#N)cc(OC)c1Br. The van der Waals surface area contributed by atoms with Gasteiger partial charge in [-0.2, -0.15) is 5.26 Å². The summed E-state index contributed by atoms with van der Waals surface area (Å²) in [6, 6.07) is 5.57. The van der Waals surface area contributed by atoms with Crippen LogP contribution < -0.4 is 9.47 Å². The fourth-order valence-corrected chi connectivity index (χ4v) is 1.67. The van der Waals surface area contributed by atoms with Gasteiger partial charge in [-0.1, -0.05) is 0 Å². The van der Waals surface area contributed by atoms with Crippen molar-refractivity contribution in [3.05, 3.63) is 28.2 Å². The number of hydrogen-bond donors (Lipinski definition) is 0. The summed E-state index contributed by atoms with van der Waals surface area (Å²) >= 11 is 3.36. The van der Waals surface area contributed by atoms with E-state index in [-0.39, 0.29) is 0 Å². The van der Waals surface area contributed by atoms with Crippen molar-refractivity contribution < 1.29 is 9.47 Å². The topological polar surface area (TPSA) is 42.2 Å². The van der Waals surface area contributed by atoms with Gasteiger partial charge >= 0.3 is 0 Å². The number of nitrogens with zero attached hydrogens (tertiary/aromatic N) is 1. The molecule has 1 rings (SSSR count). The van der Waals surface area contributed by atoms with E-state index in [1.165, 1.54) is 6.08 Å². The van der Waals surface area contributed by atoms with E-state index in [1.807, 2.05) is 18.2 Å². The fourth-order valence-electron chi connectivity index (χ4n) is 1.12. The molecule has 0 bridgehead atoms. The summed E-state index contributed by atoms with van der Waals surface area (Å²) in [5.41, 5.74) is 0.855. The van der Waals surface area contributed by atoms with Crippen LogP contribution in [0.1, 0.15) is 5.56 Å². The smallest absolute Gasteiger partial charge is 0.137 e. The number of ether oxygens (including phenoxy) is 2. The average molecular weight is 268 g/mol. The van der Waals surface area contributed by atoms with Crippen molar-refractivity contribution in [2.24, 2.45) is 0 Å². The lowest BCUT2D eigenvalue weighted by molar-refractivity contribution is 0.389. The van der Waals surface area contributed by atoms with Crippen molar-refractivity contribution in [2.75, 3.05) is 14.2 Å². The molecule has 3 nitrogen and oxygen atoms in total. The van der Waals surface area contributed by atoms with E-state index < -0.39 is 0 Å². The minimum absolute atomic E-state index is 0.673. The van der Waals surface area contributed by atoms with Gasteiger partial charge in [-0.3, -0.25) is 0 Å². The Morgan fingerprint density at radius 1 is 1.27 bits per heavy atom. The van der Waals surface area contributed by atoms with Crippen LogP contribution in [0.15, 0.2) is 22.7 Å². The second-order valence-corrected chi connectivity index (χ2v) is 3.49. The Balaban J connectivity index is 3.21. The number of methoxy groups -OCH3 is 2. The standard InChI is InChI=1S/C11H10BrNO2/c1-14-9-6-8(4-3-5-13)7-10(15-2)11(9)12/h3-4,6-7H,1-2H3/b4-3+. The lowest BCUT2D eigenvalue weighted by Crippen LogP contribution is -1.90. The molecule has 0 aliphatic rings. The Morgan fingerprint density at radius 3 is 2.20 bits per heavy atom. The molecule has 0 heterocycles. The molecule has 0 saturated carbocycles. The Kier molecular flexibility index (Phi) is 4.19. The highest BCUT2D eigenvalue weighted by Gasteiger charge is 2.08. The van der Waals surface area contributed by atoms with Crippen molar-refractivity contribution in [1.82, 2.24) is 0 Å². The predicted molar refractivity (Wildman–Crippen MR) is 61.9 cm³/mol. The van der Waals surface area contributed by atoms with Crippen molar-refractivity contribution in [2.45, 2.75) is 0 Å². The molecule has 0 saturated heterocycles. The van der Waals surface area contributed by atoms with Crippen molar-refractivity contribution >= 4 is 22.0 Å². The lowest BCUT2D eigenvalue weighted by atomic mass is 10.2. The second-order valence-electron chi connectivity index (χ2n) is 2.70. The maximum Gasteiger partial charge on any atom is 0.137 e. The number of allylic oxidation sites excluding steroid dienone is 1. The maximum absolute atomic E-state index is 8.43. The summed E-state index contributed by atoms with van der Waals surface area (Å²) < 4.78 is 11.1. The van der Waals surface area contributed by atoms with Gasteiger partial charge in [0.05, 0.1) is 20.3 Å². The van der Waals surface area contributed by atoms with Crippen molar-refractivity contribution in [3.8, 4) is 17.6 Å². The molecule has 0 aromatic heterocycles. The number of nitriles is 1.